The fourth-order valence-corrected chi connectivity index (χ4v) is 1.85. The van der Waals surface area contributed by atoms with Gasteiger partial charge in [0, 0.05) is 32.3 Å². The second-order valence-corrected chi connectivity index (χ2v) is 3.47. The van der Waals surface area contributed by atoms with Crippen molar-refractivity contribution in [3.63, 3.8) is 0 Å². The van der Waals surface area contributed by atoms with Crippen LogP contribution in [-0.4, -0.2) is 16.1 Å². The molecule has 0 saturated carbocycles. The minimum absolute atomic E-state index is 0.911. The molecular formula is C7H10BrN3. The van der Waals surface area contributed by atoms with Crippen LogP contribution in [0, 0.1) is 0 Å². The molecule has 0 unspecified atom stereocenters. The summed E-state index contributed by atoms with van der Waals surface area (Å²) >= 11 is 3.40. The van der Waals surface area contributed by atoms with Gasteiger partial charge in [-0.05, 0) is 15.9 Å². The fourth-order valence-electron chi connectivity index (χ4n) is 1.42. The minimum Gasteiger partial charge on any atom is -0.325 e. The van der Waals surface area contributed by atoms with Crippen LogP contribution in [0.25, 0.3) is 0 Å². The number of nitrogens with one attached hydrogen (secondary N) is 1. The van der Waals surface area contributed by atoms with Crippen molar-refractivity contribution >= 4 is 15.9 Å². The van der Waals surface area contributed by atoms with Crippen molar-refractivity contribution in [3.8, 4) is 0 Å². The van der Waals surface area contributed by atoms with Gasteiger partial charge in [0.05, 0.1) is 5.69 Å². The Balaban J connectivity index is 2.50. The number of rotatable bonds is 0. The topological polar surface area (TPSA) is 29.9 Å². The van der Waals surface area contributed by atoms with Crippen molar-refractivity contribution in [1.82, 2.24) is 14.9 Å². The third-order valence-electron chi connectivity index (χ3n) is 2.07. The monoisotopic (exact) mass is 215 g/mol. The van der Waals surface area contributed by atoms with Gasteiger partial charge in [-0.1, -0.05) is 0 Å². The Morgan fingerprint density at radius 2 is 2.45 bits per heavy atom. The summed E-state index contributed by atoms with van der Waals surface area (Å²) in [4.78, 5) is 4.37. The number of fused-ring (bicyclic) bond motifs is 1. The Morgan fingerprint density at radius 3 is 3.18 bits per heavy atom. The van der Waals surface area contributed by atoms with Crippen LogP contribution in [0.15, 0.2) is 4.73 Å². The number of nitrogens with zero attached hydrogens (tertiary/aromatic N) is 2. The Kier molecular flexibility index (Phi) is 1.73. The first kappa shape index (κ1) is 7.31. The maximum Gasteiger partial charge on any atom is 0.177 e. The normalized spacial score (nSPS) is 16.5. The molecule has 0 radical (unpaired) electrons. The van der Waals surface area contributed by atoms with E-state index in [-0.39, 0.29) is 0 Å². The summed E-state index contributed by atoms with van der Waals surface area (Å²) in [7, 11) is 2.04. The van der Waals surface area contributed by atoms with Crippen LogP contribution in [-0.2, 0) is 20.0 Å². The van der Waals surface area contributed by atoms with Crippen LogP contribution in [0.5, 0.6) is 0 Å². The van der Waals surface area contributed by atoms with E-state index < -0.39 is 0 Å². The predicted octanol–water partition coefficient (Wildman–Crippen LogP) is 0.828. The van der Waals surface area contributed by atoms with E-state index in [0.29, 0.717) is 0 Å². The maximum atomic E-state index is 4.37. The van der Waals surface area contributed by atoms with Crippen molar-refractivity contribution < 1.29 is 0 Å². The fraction of sp³-hybridized carbons (Fsp3) is 0.571. The molecule has 0 aliphatic carbocycles. The van der Waals surface area contributed by atoms with E-state index in [2.05, 4.69) is 30.8 Å². The van der Waals surface area contributed by atoms with E-state index in [4.69, 9.17) is 0 Å². The number of halogens is 1. The van der Waals surface area contributed by atoms with Gasteiger partial charge < -0.3 is 9.88 Å². The van der Waals surface area contributed by atoms with Crippen LogP contribution in [0.3, 0.4) is 0 Å². The summed E-state index contributed by atoms with van der Waals surface area (Å²) in [6.45, 7) is 1.98. The van der Waals surface area contributed by atoms with Crippen LogP contribution < -0.4 is 5.32 Å². The average Bonchev–Trinajstić information content (AvgIpc) is 2.30. The first-order valence-electron chi connectivity index (χ1n) is 3.69. The van der Waals surface area contributed by atoms with Gasteiger partial charge in [-0.2, -0.15) is 0 Å². The third-order valence-corrected chi connectivity index (χ3v) is 2.78. The molecule has 1 N–H and O–H groups in total. The molecule has 0 amide bonds. The van der Waals surface area contributed by atoms with Crippen molar-refractivity contribution in [2.45, 2.75) is 13.0 Å². The highest BCUT2D eigenvalue weighted by Gasteiger charge is 2.15. The van der Waals surface area contributed by atoms with Crippen molar-refractivity contribution in [1.29, 1.82) is 0 Å². The zero-order valence-electron chi connectivity index (χ0n) is 6.39. The SMILES string of the molecule is Cn1c(Br)nc2c1CCNC2. The van der Waals surface area contributed by atoms with Crippen LogP contribution in [0.2, 0.25) is 0 Å². The quantitative estimate of drug-likeness (QED) is 0.696. The number of imidazole rings is 1. The highest BCUT2D eigenvalue weighted by molar-refractivity contribution is 9.10. The summed E-state index contributed by atoms with van der Waals surface area (Å²) < 4.78 is 3.04. The predicted molar refractivity (Wildman–Crippen MR) is 46.3 cm³/mol. The van der Waals surface area contributed by atoms with Crippen molar-refractivity contribution in [2.75, 3.05) is 6.54 Å². The number of hydrogen-bond acceptors (Lipinski definition) is 2. The molecule has 4 heteroatoms. The van der Waals surface area contributed by atoms with E-state index >= 15 is 0 Å². The molecule has 1 aliphatic heterocycles. The Morgan fingerprint density at radius 1 is 1.64 bits per heavy atom. The molecule has 60 valence electrons. The number of hydrogen-bond donors (Lipinski definition) is 1. The molecule has 0 fully saturated rings. The zero-order valence-corrected chi connectivity index (χ0v) is 7.98. The molecule has 1 aromatic rings. The van der Waals surface area contributed by atoms with E-state index in [1.54, 1.807) is 0 Å². The molecule has 11 heavy (non-hydrogen) atoms. The summed E-state index contributed by atoms with van der Waals surface area (Å²) in [5, 5.41) is 3.28. The molecule has 0 atom stereocenters. The van der Waals surface area contributed by atoms with E-state index in [1.807, 2.05) is 7.05 Å². The largest absolute Gasteiger partial charge is 0.325 e. The van der Waals surface area contributed by atoms with Crippen molar-refractivity contribution in [3.05, 3.63) is 16.1 Å². The Bertz CT molecular complexity index is 279. The van der Waals surface area contributed by atoms with Crippen molar-refractivity contribution in [2.24, 2.45) is 7.05 Å². The van der Waals surface area contributed by atoms with Gasteiger partial charge in [0.25, 0.3) is 0 Å². The third kappa shape index (κ3) is 1.10. The standard InChI is InChI=1S/C7H10BrN3/c1-11-6-2-3-9-4-5(6)10-7(11)8/h9H,2-4H2,1H3. The highest BCUT2D eigenvalue weighted by Crippen LogP contribution is 2.17. The van der Waals surface area contributed by atoms with E-state index in [1.165, 1.54) is 11.4 Å². The van der Waals surface area contributed by atoms with Gasteiger partial charge in [0.2, 0.25) is 0 Å². The van der Waals surface area contributed by atoms with E-state index in [9.17, 15) is 0 Å². The van der Waals surface area contributed by atoms with Gasteiger partial charge in [-0.25, -0.2) is 4.98 Å². The lowest BCUT2D eigenvalue weighted by molar-refractivity contribution is 0.611. The molecule has 0 bridgehead atoms. The molecular weight excluding hydrogens is 206 g/mol. The van der Waals surface area contributed by atoms with Gasteiger partial charge >= 0.3 is 0 Å². The lowest BCUT2D eigenvalue weighted by Crippen LogP contribution is -2.24. The summed E-state index contributed by atoms with van der Waals surface area (Å²) in [6, 6.07) is 0. The minimum atomic E-state index is 0.911. The molecule has 0 saturated heterocycles. The van der Waals surface area contributed by atoms with Gasteiger partial charge in [0.15, 0.2) is 4.73 Å². The zero-order chi connectivity index (χ0) is 7.84. The van der Waals surface area contributed by atoms with E-state index in [0.717, 1.165) is 24.2 Å². The summed E-state index contributed by atoms with van der Waals surface area (Å²) in [5.41, 5.74) is 2.54. The van der Waals surface area contributed by atoms with Crippen LogP contribution in [0.1, 0.15) is 11.4 Å². The summed E-state index contributed by atoms with van der Waals surface area (Å²) in [6.07, 6.45) is 1.09. The molecule has 1 aliphatic rings. The van der Waals surface area contributed by atoms with Gasteiger partial charge in [0.1, 0.15) is 0 Å². The lowest BCUT2D eigenvalue weighted by atomic mass is 10.2. The molecule has 2 rings (SSSR count). The highest BCUT2D eigenvalue weighted by atomic mass is 79.9. The van der Waals surface area contributed by atoms with Crippen LogP contribution >= 0.6 is 15.9 Å². The first-order chi connectivity index (χ1) is 5.29. The van der Waals surface area contributed by atoms with Gasteiger partial charge in [-0.3, -0.25) is 0 Å². The molecule has 3 nitrogen and oxygen atoms in total. The smallest absolute Gasteiger partial charge is 0.177 e. The Labute approximate surface area is 73.9 Å². The second-order valence-electron chi connectivity index (χ2n) is 2.76. The average molecular weight is 216 g/mol. The van der Waals surface area contributed by atoms with Gasteiger partial charge in [-0.15, -0.1) is 0 Å². The summed E-state index contributed by atoms with van der Waals surface area (Å²) in [5.74, 6) is 0. The Hall–Kier alpha value is -0.350. The van der Waals surface area contributed by atoms with Crippen LogP contribution in [0.4, 0.5) is 0 Å². The lowest BCUT2D eigenvalue weighted by Gasteiger charge is -2.12. The molecule has 0 aromatic carbocycles. The second kappa shape index (κ2) is 2.60. The molecule has 2 heterocycles. The molecule has 1 aromatic heterocycles. The maximum absolute atomic E-state index is 4.37. The first-order valence-corrected chi connectivity index (χ1v) is 4.49. The number of aromatic nitrogens is 2. The molecule has 0 spiro atoms.